The van der Waals surface area contributed by atoms with Gasteiger partial charge in [-0.15, -0.1) is 0 Å². The van der Waals surface area contributed by atoms with Gasteiger partial charge in [-0.1, -0.05) is 54.1 Å². The molecule has 0 amide bonds. The van der Waals surface area contributed by atoms with Gasteiger partial charge in [0.25, 0.3) is 0 Å². The number of aryl methyl sites for hydroxylation is 1. The summed E-state index contributed by atoms with van der Waals surface area (Å²) in [4.78, 5) is 0. The number of rotatable bonds is 2. The average molecular weight is 296 g/mol. The van der Waals surface area contributed by atoms with Crippen LogP contribution in [0.1, 0.15) is 50.5 Å². The first kappa shape index (κ1) is 12.9. The van der Waals surface area contributed by atoms with Gasteiger partial charge in [0.15, 0.2) is 0 Å². The zero-order valence-corrected chi connectivity index (χ0v) is 12.2. The third-order valence-electron chi connectivity index (χ3n) is 3.66. The van der Waals surface area contributed by atoms with Crippen molar-refractivity contribution < 1.29 is 0 Å². The number of halogens is 1. The van der Waals surface area contributed by atoms with Gasteiger partial charge >= 0.3 is 0 Å². The molecule has 0 aromatic heterocycles. The van der Waals surface area contributed by atoms with Crippen molar-refractivity contribution >= 4 is 21.6 Å². The maximum atomic E-state index is 3.73. The smallest absolute Gasteiger partial charge is 0.0383 e. The topological polar surface area (TPSA) is 12.0 Å². The highest BCUT2D eigenvalue weighted by Gasteiger charge is 2.12. The van der Waals surface area contributed by atoms with Crippen molar-refractivity contribution in [3.63, 3.8) is 0 Å². The molecule has 94 valence electrons. The minimum Gasteiger partial charge on any atom is -0.382 e. The molecule has 17 heavy (non-hydrogen) atoms. The second-order valence-corrected chi connectivity index (χ2v) is 6.06. The first-order chi connectivity index (χ1) is 8.25. The summed E-state index contributed by atoms with van der Waals surface area (Å²) in [7, 11) is 0. The fourth-order valence-corrected chi connectivity index (χ4v) is 2.93. The van der Waals surface area contributed by atoms with Crippen molar-refractivity contribution in [3.8, 4) is 0 Å². The Hall–Kier alpha value is -0.500. The normalized spacial score (nSPS) is 18.5. The molecule has 2 rings (SSSR count). The van der Waals surface area contributed by atoms with Crippen molar-refractivity contribution in [2.24, 2.45) is 0 Å². The van der Waals surface area contributed by atoms with Crippen LogP contribution in [0.15, 0.2) is 22.7 Å². The highest BCUT2D eigenvalue weighted by atomic mass is 79.9. The number of nitrogens with one attached hydrogen (secondary N) is 1. The molecule has 0 unspecified atom stereocenters. The lowest BCUT2D eigenvalue weighted by Crippen LogP contribution is -2.21. The van der Waals surface area contributed by atoms with Gasteiger partial charge in [0.1, 0.15) is 0 Å². The lowest BCUT2D eigenvalue weighted by molar-refractivity contribution is 0.471. The van der Waals surface area contributed by atoms with Crippen LogP contribution in [0.3, 0.4) is 0 Å². The minimum atomic E-state index is 0.670. The fraction of sp³-hybridized carbons (Fsp3) is 0.600. The molecule has 1 aliphatic rings. The van der Waals surface area contributed by atoms with Gasteiger partial charge in [-0.05, 0) is 37.5 Å². The van der Waals surface area contributed by atoms with E-state index in [1.54, 1.807) is 0 Å². The summed E-state index contributed by atoms with van der Waals surface area (Å²) in [5.41, 5.74) is 2.64. The third kappa shape index (κ3) is 4.02. The summed E-state index contributed by atoms with van der Waals surface area (Å²) in [6, 6.07) is 7.16. The molecule has 0 saturated heterocycles. The predicted molar refractivity (Wildman–Crippen MR) is 78.6 cm³/mol. The summed E-state index contributed by atoms with van der Waals surface area (Å²) < 4.78 is 1.16. The Bertz CT molecular complexity index is 354. The molecule has 1 N–H and O–H groups in total. The Balaban J connectivity index is 2.00. The summed E-state index contributed by atoms with van der Waals surface area (Å²) >= 11 is 3.55. The van der Waals surface area contributed by atoms with Gasteiger partial charge in [0, 0.05) is 16.2 Å². The fourth-order valence-electron chi connectivity index (χ4n) is 2.57. The van der Waals surface area contributed by atoms with Crippen LogP contribution in [0, 0.1) is 6.92 Å². The molecule has 2 heteroatoms. The molecule has 1 aromatic rings. The zero-order valence-electron chi connectivity index (χ0n) is 10.6. The van der Waals surface area contributed by atoms with Gasteiger partial charge in [0.05, 0.1) is 0 Å². The summed E-state index contributed by atoms with van der Waals surface area (Å²) in [6.07, 6.45) is 9.67. The number of benzene rings is 1. The Morgan fingerprint density at radius 1 is 1.06 bits per heavy atom. The van der Waals surface area contributed by atoms with Crippen LogP contribution in [-0.4, -0.2) is 6.04 Å². The van der Waals surface area contributed by atoms with Gasteiger partial charge in [-0.3, -0.25) is 0 Å². The van der Waals surface area contributed by atoms with Crippen LogP contribution in [-0.2, 0) is 0 Å². The van der Waals surface area contributed by atoms with Crippen LogP contribution in [0.2, 0.25) is 0 Å². The van der Waals surface area contributed by atoms with Crippen molar-refractivity contribution in [1.82, 2.24) is 0 Å². The molecule has 0 bridgehead atoms. The summed E-state index contributed by atoms with van der Waals surface area (Å²) in [5, 5.41) is 3.73. The maximum absolute atomic E-state index is 3.73. The number of anilines is 1. The highest BCUT2D eigenvalue weighted by molar-refractivity contribution is 9.10. The van der Waals surface area contributed by atoms with E-state index in [-0.39, 0.29) is 0 Å². The standard InChI is InChI=1S/C15H22BrN/c1-12-9-10-13(16)11-15(12)17-14-7-5-3-2-4-6-8-14/h9-11,14,17H,2-8H2,1H3. The van der Waals surface area contributed by atoms with Crippen LogP contribution >= 0.6 is 15.9 Å². The van der Waals surface area contributed by atoms with E-state index in [4.69, 9.17) is 0 Å². The molecule has 1 aromatic carbocycles. The number of hydrogen-bond donors (Lipinski definition) is 1. The van der Waals surface area contributed by atoms with E-state index in [0.29, 0.717) is 6.04 Å². The third-order valence-corrected chi connectivity index (χ3v) is 4.16. The predicted octanol–water partition coefficient (Wildman–Crippen LogP) is 5.28. The van der Waals surface area contributed by atoms with Crippen LogP contribution in [0.4, 0.5) is 5.69 Å². The summed E-state index contributed by atoms with van der Waals surface area (Å²) in [6.45, 7) is 2.18. The maximum Gasteiger partial charge on any atom is 0.0383 e. The lowest BCUT2D eigenvalue weighted by atomic mass is 9.96. The Labute approximate surface area is 113 Å². The Morgan fingerprint density at radius 2 is 1.71 bits per heavy atom. The van der Waals surface area contributed by atoms with Gasteiger partial charge in [-0.25, -0.2) is 0 Å². The highest BCUT2D eigenvalue weighted by Crippen LogP contribution is 2.25. The van der Waals surface area contributed by atoms with E-state index < -0.39 is 0 Å². The molecule has 0 aliphatic heterocycles. The van der Waals surface area contributed by atoms with E-state index in [2.05, 4.69) is 46.4 Å². The van der Waals surface area contributed by atoms with Crippen LogP contribution < -0.4 is 5.32 Å². The first-order valence-corrected chi connectivity index (χ1v) is 7.58. The van der Waals surface area contributed by atoms with Crippen molar-refractivity contribution in [1.29, 1.82) is 0 Å². The van der Waals surface area contributed by atoms with E-state index >= 15 is 0 Å². The van der Waals surface area contributed by atoms with E-state index in [9.17, 15) is 0 Å². The Kier molecular flexibility index (Phi) is 4.90. The molecule has 0 spiro atoms. The zero-order chi connectivity index (χ0) is 12.1. The second kappa shape index (κ2) is 6.44. The molecule has 0 heterocycles. The van der Waals surface area contributed by atoms with Gasteiger partial charge in [-0.2, -0.15) is 0 Å². The largest absolute Gasteiger partial charge is 0.382 e. The summed E-state index contributed by atoms with van der Waals surface area (Å²) in [5.74, 6) is 0. The molecule has 1 aliphatic carbocycles. The van der Waals surface area contributed by atoms with Crippen molar-refractivity contribution in [2.75, 3.05) is 5.32 Å². The monoisotopic (exact) mass is 295 g/mol. The molecule has 1 saturated carbocycles. The van der Waals surface area contributed by atoms with Gasteiger partial charge in [0.2, 0.25) is 0 Å². The molecular weight excluding hydrogens is 274 g/mol. The molecular formula is C15H22BrN. The molecule has 0 radical (unpaired) electrons. The van der Waals surface area contributed by atoms with Crippen molar-refractivity contribution in [3.05, 3.63) is 28.2 Å². The van der Waals surface area contributed by atoms with Crippen LogP contribution in [0.5, 0.6) is 0 Å². The lowest BCUT2D eigenvalue weighted by Gasteiger charge is -2.23. The van der Waals surface area contributed by atoms with E-state index in [1.807, 2.05) is 0 Å². The van der Waals surface area contributed by atoms with E-state index in [0.717, 1.165) is 4.47 Å². The van der Waals surface area contributed by atoms with Gasteiger partial charge < -0.3 is 5.32 Å². The molecule has 1 nitrogen and oxygen atoms in total. The molecule has 1 fully saturated rings. The SMILES string of the molecule is Cc1ccc(Br)cc1NC1CCCCCCC1. The average Bonchev–Trinajstić information content (AvgIpc) is 2.27. The van der Waals surface area contributed by atoms with Crippen LogP contribution in [0.25, 0.3) is 0 Å². The second-order valence-electron chi connectivity index (χ2n) is 5.15. The minimum absolute atomic E-state index is 0.670. The Morgan fingerprint density at radius 3 is 2.41 bits per heavy atom. The molecule has 0 atom stereocenters. The van der Waals surface area contributed by atoms with E-state index in [1.165, 1.54) is 56.2 Å². The van der Waals surface area contributed by atoms with Crippen molar-refractivity contribution in [2.45, 2.75) is 57.9 Å². The first-order valence-electron chi connectivity index (χ1n) is 6.78. The quantitative estimate of drug-likeness (QED) is 0.782. The number of hydrogen-bond acceptors (Lipinski definition) is 1.